The second-order valence-corrected chi connectivity index (χ2v) is 13.9. The first kappa shape index (κ1) is 28.1. The first-order valence-electron chi connectivity index (χ1n) is 14.6. The Hall–Kier alpha value is -2.41. The number of allylic oxidation sites excluding steroid dienone is 4. The normalized spacial score (nSPS) is 40.7. The van der Waals surface area contributed by atoms with E-state index in [1.165, 1.54) is 30.6 Å². The minimum absolute atomic E-state index is 0.0276. The van der Waals surface area contributed by atoms with Crippen molar-refractivity contribution >= 4 is 17.9 Å². The lowest BCUT2D eigenvalue weighted by atomic mass is 9.52. The standard InChI is InChI=1S/C32H44O7/c1-18(33)38-32(6,28(36)37)21-16-22(26(34)17-21)25-12-14-30(4)24-9-8-23-19(7-10-27(35)39-29(23,2)3)15-20(24)11-13-31(25,30)5/h7,10,15,21-23,25-26,34H,8-9,11-14,16-17H2,1-6H3,(H,36,37)/t21-,22+,23-,25-,26-,30+,31-,32-/m1/s1. The van der Waals surface area contributed by atoms with E-state index in [9.17, 15) is 24.6 Å². The molecular weight excluding hydrogens is 496 g/mol. The summed E-state index contributed by atoms with van der Waals surface area (Å²) in [6.45, 7) is 11.5. The predicted octanol–water partition coefficient (Wildman–Crippen LogP) is 5.52. The number of cyclic esters (lactones) is 1. The molecule has 2 saturated carbocycles. The fourth-order valence-corrected chi connectivity index (χ4v) is 9.33. The molecule has 0 aromatic heterocycles. The van der Waals surface area contributed by atoms with Gasteiger partial charge >= 0.3 is 17.9 Å². The maximum atomic E-state index is 12.2. The lowest BCUT2D eigenvalue weighted by Crippen LogP contribution is -2.46. The zero-order chi connectivity index (χ0) is 28.5. The van der Waals surface area contributed by atoms with Gasteiger partial charge in [-0.05, 0) is 106 Å². The second kappa shape index (κ2) is 9.32. The molecular formula is C32H44O7. The highest BCUT2D eigenvalue weighted by molar-refractivity contribution is 5.83. The minimum Gasteiger partial charge on any atom is -0.478 e. The van der Waals surface area contributed by atoms with Crippen LogP contribution in [0.3, 0.4) is 0 Å². The topological polar surface area (TPSA) is 110 Å². The summed E-state index contributed by atoms with van der Waals surface area (Å²) in [6.07, 6.45) is 11.9. The molecule has 2 fully saturated rings. The number of carbonyl (C=O) groups is 3. The average molecular weight is 541 g/mol. The summed E-state index contributed by atoms with van der Waals surface area (Å²) in [5, 5.41) is 21.3. The number of fused-ring (bicyclic) bond motifs is 3. The zero-order valence-electron chi connectivity index (χ0n) is 24.2. The molecule has 0 spiro atoms. The lowest BCUT2D eigenvalue weighted by Gasteiger charge is -2.52. The van der Waals surface area contributed by atoms with Gasteiger partial charge in [0.15, 0.2) is 0 Å². The van der Waals surface area contributed by atoms with Crippen molar-refractivity contribution in [1.82, 2.24) is 0 Å². The average Bonchev–Trinajstić information content (AvgIpc) is 3.21. The van der Waals surface area contributed by atoms with Gasteiger partial charge in [0.2, 0.25) is 5.60 Å². The number of ether oxygens (including phenoxy) is 2. The van der Waals surface area contributed by atoms with Crippen LogP contribution in [0.15, 0.2) is 34.9 Å². The van der Waals surface area contributed by atoms with Crippen molar-refractivity contribution in [3.63, 3.8) is 0 Å². The molecule has 0 unspecified atom stereocenters. The number of carboxylic acids is 1. The molecule has 0 radical (unpaired) electrons. The van der Waals surface area contributed by atoms with Gasteiger partial charge in [-0.15, -0.1) is 0 Å². The Balaban J connectivity index is 1.44. The van der Waals surface area contributed by atoms with E-state index in [2.05, 4.69) is 19.9 Å². The van der Waals surface area contributed by atoms with Crippen molar-refractivity contribution in [2.45, 2.75) is 110 Å². The largest absolute Gasteiger partial charge is 0.478 e. The highest BCUT2D eigenvalue weighted by atomic mass is 16.6. The molecule has 214 valence electrons. The van der Waals surface area contributed by atoms with Crippen LogP contribution in [0.25, 0.3) is 0 Å². The van der Waals surface area contributed by atoms with E-state index >= 15 is 0 Å². The number of esters is 2. The fraction of sp³-hybridized carbons (Fsp3) is 0.719. The summed E-state index contributed by atoms with van der Waals surface area (Å²) < 4.78 is 11.2. The van der Waals surface area contributed by atoms with Crippen LogP contribution in [0.1, 0.15) is 92.9 Å². The zero-order valence-corrected chi connectivity index (χ0v) is 24.2. The number of aliphatic hydroxyl groups excluding tert-OH is 1. The summed E-state index contributed by atoms with van der Waals surface area (Å²) in [7, 11) is 0. The van der Waals surface area contributed by atoms with Crippen LogP contribution in [-0.2, 0) is 23.9 Å². The van der Waals surface area contributed by atoms with E-state index in [1.54, 1.807) is 6.08 Å². The summed E-state index contributed by atoms with van der Waals surface area (Å²) in [5.41, 5.74) is 1.79. The van der Waals surface area contributed by atoms with Gasteiger partial charge < -0.3 is 19.7 Å². The van der Waals surface area contributed by atoms with Crippen molar-refractivity contribution < 1.29 is 34.1 Å². The first-order chi connectivity index (χ1) is 18.1. The van der Waals surface area contributed by atoms with Crippen LogP contribution < -0.4 is 0 Å². The lowest BCUT2D eigenvalue weighted by molar-refractivity contribution is -0.182. The molecule has 7 heteroatoms. The maximum Gasteiger partial charge on any atom is 0.348 e. The number of aliphatic carboxylic acids is 1. The quantitative estimate of drug-likeness (QED) is 0.452. The monoisotopic (exact) mass is 540 g/mol. The van der Waals surface area contributed by atoms with Crippen LogP contribution in [0.2, 0.25) is 0 Å². The molecule has 0 aromatic rings. The van der Waals surface area contributed by atoms with Crippen molar-refractivity contribution in [3.8, 4) is 0 Å². The molecule has 0 saturated heterocycles. The summed E-state index contributed by atoms with van der Waals surface area (Å²) >= 11 is 0. The molecule has 5 aliphatic rings. The SMILES string of the molecule is CC(=O)O[C@@](C)(C(=O)O)[C@@H]1C[C@@H]([C@H]2CC[C@@]3(C)C4=C(C=C5C=CC(=O)OC(C)(C)[C@@H]5CC4)CC[C@]23C)[C@H](O)C1. The minimum atomic E-state index is -1.64. The molecule has 1 heterocycles. The molecule has 8 atom stereocenters. The Kier molecular flexibility index (Phi) is 6.72. The van der Waals surface area contributed by atoms with E-state index < -0.39 is 35.2 Å². The Bertz CT molecular complexity index is 1180. The van der Waals surface area contributed by atoms with Crippen LogP contribution in [0.4, 0.5) is 0 Å². The van der Waals surface area contributed by atoms with Crippen molar-refractivity contribution in [2.24, 2.45) is 34.5 Å². The third-order valence-corrected chi connectivity index (χ3v) is 11.7. The van der Waals surface area contributed by atoms with Crippen LogP contribution in [0.5, 0.6) is 0 Å². The molecule has 0 amide bonds. The predicted molar refractivity (Wildman–Crippen MR) is 145 cm³/mol. The molecule has 0 aromatic carbocycles. The van der Waals surface area contributed by atoms with E-state index in [-0.39, 0.29) is 34.6 Å². The highest BCUT2D eigenvalue weighted by Gasteiger charge is 2.62. The number of rotatable bonds is 4. The number of hydrogen-bond acceptors (Lipinski definition) is 6. The van der Waals surface area contributed by atoms with Crippen LogP contribution >= 0.6 is 0 Å². The Morgan fingerprint density at radius 3 is 2.46 bits per heavy atom. The van der Waals surface area contributed by atoms with Gasteiger partial charge in [-0.3, -0.25) is 4.79 Å². The van der Waals surface area contributed by atoms with Crippen molar-refractivity contribution in [2.75, 3.05) is 0 Å². The Labute approximate surface area is 231 Å². The summed E-state index contributed by atoms with van der Waals surface area (Å²) in [5.74, 6) is -2.13. The number of carbonyl (C=O) groups excluding carboxylic acids is 2. The van der Waals surface area contributed by atoms with Gasteiger partial charge in [0.25, 0.3) is 0 Å². The van der Waals surface area contributed by atoms with E-state index in [1.807, 2.05) is 19.9 Å². The molecule has 7 nitrogen and oxygen atoms in total. The number of carboxylic acid groups (broad SMARTS) is 1. The van der Waals surface area contributed by atoms with Gasteiger partial charge in [0.1, 0.15) is 5.60 Å². The molecule has 4 aliphatic carbocycles. The van der Waals surface area contributed by atoms with E-state index in [0.717, 1.165) is 38.5 Å². The van der Waals surface area contributed by atoms with Gasteiger partial charge in [0.05, 0.1) is 6.10 Å². The summed E-state index contributed by atoms with van der Waals surface area (Å²) in [6, 6.07) is 0. The third-order valence-electron chi connectivity index (χ3n) is 11.7. The molecule has 2 N–H and O–H groups in total. The second-order valence-electron chi connectivity index (χ2n) is 13.9. The number of aliphatic hydroxyl groups is 1. The highest BCUT2D eigenvalue weighted by Crippen LogP contribution is 2.69. The van der Waals surface area contributed by atoms with Crippen LogP contribution in [0, 0.1) is 34.5 Å². The van der Waals surface area contributed by atoms with Gasteiger partial charge in [-0.2, -0.15) is 0 Å². The molecule has 39 heavy (non-hydrogen) atoms. The van der Waals surface area contributed by atoms with Crippen LogP contribution in [-0.4, -0.2) is 45.4 Å². The van der Waals surface area contributed by atoms with Crippen molar-refractivity contribution in [3.05, 3.63) is 34.9 Å². The first-order valence-corrected chi connectivity index (χ1v) is 14.6. The van der Waals surface area contributed by atoms with E-state index in [0.29, 0.717) is 12.8 Å². The fourth-order valence-electron chi connectivity index (χ4n) is 9.33. The number of hydrogen-bond donors (Lipinski definition) is 2. The van der Waals surface area contributed by atoms with Gasteiger partial charge in [0, 0.05) is 24.8 Å². The Morgan fingerprint density at radius 1 is 1.08 bits per heavy atom. The molecule has 0 bridgehead atoms. The smallest absolute Gasteiger partial charge is 0.348 e. The Morgan fingerprint density at radius 2 is 1.79 bits per heavy atom. The summed E-state index contributed by atoms with van der Waals surface area (Å²) in [4.78, 5) is 36.2. The van der Waals surface area contributed by atoms with E-state index in [4.69, 9.17) is 9.47 Å². The third kappa shape index (κ3) is 4.30. The molecule has 1 aliphatic heterocycles. The van der Waals surface area contributed by atoms with Crippen molar-refractivity contribution in [1.29, 1.82) is 0 Å². The van der Waals surface area contributed by atoms with Gasteiger partial charge in [-0.1, -0.05) is 31.6 Å². The van der Waals surface area contributed by atoms with Gasteiger partial charge in [-0.25, -0.2) is 9.59 Å². The molecule has 5 rings (SSSR count). The maximum absolute atomic E-state index is 12.2.